The van der Waals surface area contributed by atoms with Gasteiger partial charge in [0.25, 0.3) is 0 Å². The van der Waals surface area contributed by atoms with E-state index in [9.17, 15) is 10.2 Å². The largest absolute Gasteiger partial charge is 0.394 e. The van der Waals surface area contributed by atoms with E-state index in [0.717, 1.165) is 0 Å². The zero-order valence-corrected chi connectivity index (χ0v) is 10.6. The third kappa shape index (κ3) is 1.66. The number of fused-ring (bicyclic) bond motifs is 1. The summed E-state index contributed by atoms with van der Waals surface area (Å²) < 4.78 is 6.74. The molecule has 2 aromatic heterocycles. The Balaban J connectivity index is 2.10. The Morgan fingerprint density at radius 2 is 2.25 bits per heavy atom. The number of aromatic nitrogens is 5. The fourth-order valence-electron chi connectivity index (χ4n) is 2.31. The summed E-state index contributed by atoms with van der Waals surface area (Å²) in [7, 11) is 0. The number of hydrogen-bond acceptors (Lipinski definition) is 9. The van der Waals surface area contributed by atoms with Crippen LogP contribution < -0.4 is 5.73 Å². The molecule has 10 nitrogen and oxygen atoms in total. The lowest BCUT2D eigenvalue weighted by molar-refractivity contribution is -0.0681. The molecule has 20 heavy (non-hydrogen) atoms. The predicted molar refractivity (Wildman–Crippen MR) is 64.3 cm³/mol. The molecule has 1 aliphatic rings. The molecule has 5 N–H and O–H groups in total. The first-order chi connectivity index (χ1) is 9.46. The molecule has 0 unspecified atom stereocenters. The summed E-state index contributed by atoms with van der Waals surface area (Å²) in [6.45, 7) is 0.964. The van der Waals surface area contributed by atoms with Crippen LogP contribution >= 0.6 is 0 Å². The molecule has 0 saturated carbocycles. The number of nitrogens with zero attached hydrogens (tertiary/aromatic N) is 5. The Labute approximate surface area is 112 Å². The second-order valence-corrected chi connectivity index (χ2v) is 4.85. The number of nitrogen functional groups attached to an aromatic ring is 1. The Kier molecular flexibility index (Phi) is 2.83. The van der Waals surface area contributed by atoms with Crippen LogP contribution in [0.15, 0.2) is 6.33 Å². The molecule has 0 bridgehead atoms. The van der Waals surface area contributed by atoms with Gasteiger partial charge in [0.1, 0.15) is 24.1 Å². The van der Waals surface area contributed by atoms with Crippen LogP contribution in [0.25, 0.3) is 5.65 Å². The predicted octanol–water partition coefficient (Wildman–Crippen LogP) is -2.35. The number of aliphatic hydroxyl groups is 3. The zero-order valence-electron chi connectivity index (χ0n) is 10.6. The molecule has 2 aromatic rings. The van der Waals surface area contributed by atoms with Crippen LogP contribution in [0.4, 0.5) is 5.82 Å². The highest BCUT2D eigenvalue weighted by Crippen LogP contribution is 2.40. The fraction of sp³-hybridized carbons (Fsp3) is 0.600. The molecule has 0 spiro atoms. The highest BCUT2D eigenvalue weighted by atomic mass is 16.6. The van der Waals surface area contributed by atoms with E-state index < -0.39 is 30.5 Å². The molecule has 3 rings (SSSR count). The lowest BCUT2D eigenvalue weighted by atomic mass is 9.92. The van der Waals surface area contributed by atoms with Crippen molar-refractivity contribution in [3.63, 3.8) is 0 Å². The first-order valence-electron chi connectivity index (χ1n) is 5.95. The monoisotopic (exact) mass is 282 g/mol. The van der Waals surface area contributed by atoms with E-state index in [1.807, 2.05) is 0 Å². The van der Waals surface area contributed by atoms with Crippen molar-refractivity contribution in [1.82, 2.24) is 24.8 Å². The van der Waals surface area contributed by atoms with Crippen LogP contribution in [0.3, 0.4) is 0 Å². The molecule has 4 atom stereocenters. The smallest absolute Gasteiger partial charge is 0.220 e. The number of anilines is 1. The Bertz CT molecular complexity index is 644. The number of aliphatic hydroxyl groups excluding tert-OH is 2. The van der Waals surface area contributed by atoms with Gasteiger partial charge in [0.05, 0.1) is 6.61 Å². The first-order valence-corrected chi connectivity index (χ1v) is 5.95. The molecular weight excluding hydrogens is 268 g/mol. The quantitative estimate of drug-likeness (QED) is 0.474. The van der Waals surface area contributed by atoms with Crippen LogP contribution in [-0.2, 0) is 4.74 Å². The van der Waals surface area contributed by atoms with Crippen molar-refractivity contribution in [2.45, 2.75) is 30.8 Å². The van der Waals surface area contributed by atoms with Gasteiger partial charge in [0.2, 0.25) is 5.65 Å². The Morgan fingerprint density at radius 1 is 1.50 bits per heavy atom. The summed E-state index contributed by atoms with van der Waals surface area (Å²) in [5, 5.41) is 41.2. The van der Waals surface area contributed by atoms with Gasteiger partial charge in [0.15, 0.2) is 17.7 Å². The maximum Gasteiger partial charge on any atom is 0.220 e. The lowest BCUT2D eigenvalue weighted by Crippen LogP contribution is -2.43. The van der Waals surface area contributed by atoms with Gasteiger partial charge >= 0.3 is 0 Å². The van der Waals surface area contributed by atoms with Gasteiger partial charge in [-0.05, 0) is 6.92 Å². The van der Waals surface area contributed by atoms with Crippen LogP contribution in [0.5, 0.6) is 0 Å². The molecule has 0 aromatic carbocycles. The van der Waals surface area contributed by atoms with E-state index >= 15 is 0 Å². The molecule has 0 radical (unpaired) electrons. The second kappa shape index (κ2) is 4.31. The third-order valence-electron chi connectivity index (χ3n) is 3.46. The van der Waals surface area contributed by atoms with Gasteiger partial charge < -0.3 is 25.8 Å². The van der Waals surface area contributed by atoms with Gasteiger partial charge in [-0.3, -0.25) is 0 Å². The van der Waals surface area contributed by atoms with Crippen LogP contribution in [0.1, 0.15) is 18.9 Å². The Hall–Kier alpha value is -1.88. The van der Waals surface area contributed by atoms with E-state index in [4.69, 9.17) is 15.6 Å². The summed E-state index contributed by atoms with van der Waals surface area (Å²) in [6, 6.07) is 0. The minimum Gasteiger partial charge on any atom is -0.394 e. The zero-order chi connectivity index (χ0) is 14.5. The normalized spacial score (nSPS) is 33.9. The van der Waals surface area contributed by atoms with E-state index in [0.29, 0.717) is 0 Å². The van der Waals surface area contributed by atoms with Crippen molar-refractivity contribution in [2.24, 2.45) is 0 Å². The van der Waals surface area contributed by atoms with Gasteiger partial charge in [-0.15, -0.1) is 10.2 Å². The molecule has 10 heteroatoms. The van der Waals surface area contributed by atoms with Crippen LogP contribution in [0, 0.1) is 0 Å². The summed E-state index contributed by atoms with van der Waals surface area (Å²) in [5.74, 6) is 0.310. The average Bonchev–Trinajstić information content (AvgIpc) is 2.92. The van der Waals surface area contributed by atoms with E-state index in [1.54, 1.807) is 0 Å². The van der Waals surface area contributed by atoms with Crippen molar-refractivity contribution in [2.75, 3.05) is 12.3 Å². The van der Waals surface area contributed by atoms with Crippen molar-refractivity contribution in [1.29, 1.82) is 0 Å². The van der Waals surface area contributed by atoms with Gasteiger partial charge in [-0.25, -0.2) is 4.98 Å². The molecule has 0 aliphatic carbocycles. The standard InChI is InChI=1S/C10H14N6O4/c1-10(19)5(18)4(2-17)20-6(10)8-14-15-9-7(11)12-3-13-16(8)9/h3-6,17-19H,2H2,1H3,(H2,11,12,13)/t4-,5-,6+,10-/m1/s1. The number of nitrogens with two attached hydrogens (primary N) is 1. The highest BCUT2D eigenvalue weighted by Gasteiger charge is 2.54. The minimum atomic E-state index is -1.64. The molecule has 1 saturated heterocycles. The number of rotatable bonds is 2. The summed E-state index contributed by atoms with van der Waals surface area (Å²) in [6.07, 6.45) is -1.96. The lowest BCUT2D eigenvalue weighted by Gasteiger charge is -2.25. The third-order valence-corrected chi connectivity index (χ3v) is 3.46. The minimum absolute atomic E-state index is 0.135. The molecule has 0 amide bonds. The fourth-order valence-corrected chi connectivity index (χ4v) is 2.31. The van der Waals surface area contributed by atoms with Crippen molar-refractivity contribution < 1.29 is 20.1 Å². The highest BCUT2D eigenvalue weighted by molar-refractivity contribution is 5.57. The molecular formula is C10H14N6O4. The number of ether oxygens (including phenoxy) is 1. The van der Waals surface area contributed by atoms with Gasteiger partial charge in [-0.2, -0.15) is 9.61 Å². The van der Waals surface area contributed by atoms with Crippen molar-refractivity contribution in [3.8, 4) is 0 Å². The van der Waals surface area contributed by atoms with E-state index in [1.165, 1.54) is 17.8 Å². The van der Waals surface area contributed by atoms with E-state index in [-0.39, 0.29) is 17.3 Å². The maximum absolute atomic E-state index is 10.4. The molecule has 108 valence electrons. The van der Waals surface area contributed by atoms with Crippen molar-refractivity contribution >= 4 is 11.5 Å². The summed E-state index contributed by atoms with van der Waals surface area (Å²) in [4.78, 5) is 3.78. The van der Waals surface area contributed by atoms with Gasteiger partial charge in [0, 0.05) is 0 Å². The maximum atomic E-state index is 10.4. The molecule has 1 aliphatic heterocycles. The van der Waals surface area contributed by atoms with Crippen LogP contribution in [0.2, 0.25) is 0 Å². The molecule has 3 heterocycles. The van der Waals surface area contributed by atoms with E-state index in [2.05, 4.69) is 20.3 Å². The SMILES string of the molecule is C[C@@]1(O)[C@H](O)[C@@H](CO)O[C@H]1c1nnc2c(N)ncnn12. The Morgan fingerprint density at radius 3 is 2.90 bits per heavy atom. The molecule has 1 fully saturated rings. The second-order valence-electron chi connectivity index (χ2n) is 4.85. The summed E-state index contributed by atoms with van der Waals surface area (Å²) >= 11 is 0. The van der Waals surface area contributed by atoms with Crippen molar-refractivity contribution in [3.05, 3.63) is 12.2 Å². The number of hydrogen-bond donors (Lipinski definition) is 4. The van der Waals surface area contributed by atoms with Crippen LogP contribution in [-0.4, -0.2) is 64.5 Å². The summed E-state index contributed by atoms with van der Waals surface area (Å²) in [5.41, 5.74) is 4.23. The average molecular weight is 282 g/mol. The topological polar surface area (TPSA) is 152 Å². The van der Waals surface area contributed by atoms with Gasteiger partial charge in [-0.1, -0.05) is 0 Å². The first kappa shape index (κ1) is 13.1.